The van der Waals surface area contributed by atoms with Crippen LogP contribution >= 0.6 is 11.6 Å². The molecule has 6 nitrogen and oxygen atoms in total. The van der Waals surface area contributed by atoms with Gasteiger partial charge in [0.05, 0.1) is 17.4 Å². The van der Waals surface area contributed by atoms with Crippen LogP contribution in [0.3, 0.4) is 0 Å². The topological polar surface area (TPSA) is 70.1 Å². The van der Waals surface area contributed by atoms with Gasteiger partial charge in [0.25, 0.3) is 5.91 Å². The summed E-state index contributed by atoms with van der Waals surface area (Å²) in [4.78, 5) is 33.8. The summed E-state index contributed by atoms with van der Waals surface area (Å²) in [5.41, 5.74) is 1.65. The fourth-order valence-corrected chi connectivity index (χ4v) is 4.24. The molecular formula is C23H17ClN2O4. The van der Waals surface area contributed by atoms with E-state index in [1.807, 2.05) is 30.3 Å². The maximum absolute atomic E-state index is 13.4. The fourth-order valence-electron chi connectivity index (χ4n) is 4.11. The van der Waals surface area contributed by atoms with E-state index in [1.54, 1.807) is 53.6 Å². The normalized spacial score (nSPS) is 23.2. The highest BCUT2D eigenvalue weighted by atomic mass is 35.5. The molecule has 2 fully saturated rings. The first-order valence-corrected chi connectivity index (χ1v) is 9.86. The molecule has 5 rings (SSSR count). The van der Waals surface area contributed by atoms with E-state index in [0.29, 0.717) is 22.0 Å². The van der Waals surface area contributed by atoms with Crippen LogP contribution in [0, 0.1) is 5.92 Å². The number of para-hydroxylation sites is 2. The van der Waals surface area contributed by atoms with Gasteiger partial charge in [0.1, 0.15) is 11.7 Å². The summed E-state index contributed by atoms with van der Waals surface area (Å²) in [5, 5.41) is 12.6. The number of aromatic hydroxyl groups is 1. The molecule has 0 radical (unpaired) electrons. The molecule has 0 aromatic heterocycles. The lowest BCUT2D eigenvalue weighted by Gasteiger charge is -2.29. The average molecular weight is 421 g/mol. The van der Waals surface area contributed by atoms with Gasteiger partial charge >= 0.3 is 0 Å². The number of nitrogens with zero attached hydrogens (tertiary/aromatic N) is 2. The molecule has 0 aliphatic carbocycles. The number of hydroxylamine groups is 1. The number of rotatable bonds is 3. The molecule has 3 aromatic carbocycles. The van der Waals surface area contributed by atoms with Crippen molar-refractivity contribution in [2.75, 3.05) is 9.96 Å². The van der Waals surface area contributed by atoms with Gasteiger partial charge < -0.3 is 5.11 Å². The summed E-state index contributed by atoms with van der Waals surface area (Å²) in [6.45, 7) is 0. The van der Waals surface area contributed by atoms with E-state index in [2.05, 4.69) is 0 Å². The van der Waals surface area contributed by atoms with E-state index in [9.17, 15) is 14.7 Å². The van der Waals surface area contributed by atoms with Gasteiger partial charge in [-0.25, -0.2) is 9.96 Å². The third-order valence-electron chi connectivity index (χ3n) is 5.47. The lowest BCUT2D eigenvalue weighted by Crippen LogP contribution is -2.37. The van der Waals surface area contributed by atoms with Gasteiger partial charge in [-0.1, -0.05) is 48.0 Å². The molecule has 3 atom stereocenters. The number of anilines is 2. The zero-order valence-electron chi connectivity index (χ0n) is 15.7. The molecule has 0 unspecified atom stereocenters. The van der Waals surface area contributed by atoms with Crippen LogP contribution in [-0.4, -0.2) is 23.0 Å². The molecule has 7 heteroatoms. The minimum absolute atomic E-state index is 0.0397. The summed E-state index contributed by atoms with van der Waals surface area (Å²) in [5.74, 6) is -1.58. The third-order valence-corrected chi connectivity index (χ3v) is 5.72. The molecule has 0 saturated carbocycles. The quantitative estimate of drug-likeness (QED) is 0.646. The number of phenolic OH excluding ortho intramolecular Hbond substituents is 1. The number of carbonyl (C=O) groups is 2. The number of imide groups is 1. The van der Waals surface area contributed by atoms with Crippen LogP contribution in [0.5, 0.6) is 5.75 Å². The van der Waals surface area contributed by atoms with Crippen molar-refractivity contribution in [1.29, 1.82) is 0 Å². The maximum atomic E-state index is 13.4. The number of carbonyl (C=O) groups excluding carboxylic acids is 2. The zero-order chi connectivity index (χ0) is 20.8. The first-order valence-electron chi connectivity index (χ1n) is 9.48. The van der Waals surface area contributed by atoms with Crippen LogP contribution < -0.4 is 9.96 Å². The molecule has 3 aromatic rings. The molecule has 1 N–H and O–H groups in total. The van der Waals surface area contributed by atoms with Crippen molar-refractivity contribution in [2.24, 2.45) is 5.92 Å². The van der Waals surface area contributed by atoms with E-state index in [4.69, 9.17) is 16.4 Å². The number of hydrogen-bond acceptors (Lipinski definition) is 5. The lowest BCUT2D eigenvalue weighted by molar-refractivity contribution is -0.126. The fraction of sp³-hybridized carbons (Fsp3) is 0.130. The highest BCUT2D eigenvalue weighted by molar-refractivity contribution is 6.31. The average Bonchev–Trinajstić information content (AvgIpc) is 3.26. The Bertz CT molecular complexity index is 1120. The minimum atomic E-state index is -0.988. The Hall–Kier alpha value is -3.35. The Morgan fingerprint density at radius 2 is 1.47 bits per heavy atom. The minimum Gasteiger partial charge on any atom is -0.508 e. The van der Waals surface area contributed by atoms with Crippen molar-refractivity contribution in [3.63, 3.8) is 0 Å². The molecule has 2 aliphatic rings. The van der Waals surface area contributed by atoms with Crippen molar-refractivity contribution >= 4 is 34.8 Å². The summed E-state index contributed by atoms with van der Waals surface area (Å²) in [6, 6.07) is 21.9. The Labute approximate surface area is 177 Å². The number of phenols is 1. The molecule has 150 valence electrons. The Kier molecular flexibility index (Phi) is 4.46. The number of halogens is 1. The third kappa shape index (κ3) is 2.84. The highest BCUT2D eigenvalue weighted by Gasteiger charge is 2.60. The van der Waals surface area contributed by atoms with Crippen molar-refractivity contribution < 1.29 is 19.5 Å². The van der Waals surface area contributed by atoms with Crippen LogP contribution in [0.1, 0.15) is 11.6 Å². The largest absolute Gasteiger partial charge is 0.508 e. The summed E-state index contributed by atoms with van der Waals surface area (Å²) in [6.07, 6.45) is -0.988. The van der Waals surface area contributed by atoms with Crippen molar-refractivity contribution in [1.82, 2.24) is 0 Å². The molecular weight excluding hydrogens is 404 g/mol. The Morgan fingerprint density at radius 3 is 2.17 bits per heavy atom. The smallest absolute Gasteiger partial charge is 0.266 e. The van der Waals surface area contributed by atoms with Gasteiger partial charge in [-0.2, -0.15) is 0 Å². The predicted molar refractivity (Wildman–Crippen MR) is 112 cm³/mol. The van der Waals surface area contributed by atoms with Gasteiger partial charge in [-0.15, -0.1) is 0 Å². The van der Waals surface area contributed by atoms with E-state index in [0.717, 1.165) is 4.90 Å². The molecule has 2 aliphatic heterocycles. The molecule has 0 bridgehead atoms. The molecule has 2 saturated heterocycles. The standard InChI is InChI=1S/C23H17ClN2O4/c24-14-10-12-15(13-11-14)25-22(28)19-20(17-8-4-5-9-18(17)27)26(30-21(19)23(25)29)16-6-2-1-3-7-16/h1-13,19-21,27H/t19-,20-,21-/m0/s1. The molecule has 2 heterocycles. The van der Waals surface area contributed by atoms with Crippen molar-refractivity contribution in [3.8, 4) is 5.75 Å². The number of amides is 2. The predicted octanol–water partition coefficient (Wildman–Crippen LogP) is 4.10. The SMILES string of the molecule is O=C1[C@@H]2[C@H](ON(c3ccccc3)[C@H]2c2ccccc2O)C(=O)N1c1ccc(Cl)cc1. The second kappa shape index (κ2) is 7.16. The first-order chi connectivity index (χ1) is 14.6. The van der Waals surface area contributed by atoms with Crippen LogP contribution in [0.25, 0.3) is 0 Å². The van der Waals surface area contributed by atoms with Crippen molar-refractivity contribution in [2.45, 2.75) is 12.1 Å². The Morgan fingerprint density at radius 1 is 0.800 bits per heavy atom. The van der Waals surface area contributed by atoms with E-state index >= 15 is 0 Å². The number of benzene rings is 3. The Balaban J connectivity index is 1.60. The van der Waals surface area contributed by atoms with Crippen LogP contribution in [0.4, 0.5) is 11.4 Å². The van der Waals surface area contributed by atoms with Crippen LogP contribution in [-0.2, 0) is 14.4 Å². The van der Waals surface area contributed by atoms with Gasteiger partial charge in [-0.05, 0) is 42.5 Å². The highest BCUT2D eigenvalue weighted by Crippen LogP contribution is 2.49. The molecule has 2 amide bonds. The van der Waals surface area contributed by atoms with E-state index < -0.39 is 24.0 Å². The number of hydrogen-bond donors (Lipinski definition) is 1. The van der Waals surface area contributed by atoms with E-state index in [-0.39, 0.29) is 11.7 Å². The number of fused-ring (bicyclic) bond motifs is 1. The van der Waals surface area contributed by atoms with Crippen molar-refractivity contribution in [3.05, 3.63) is 89.4 Å². The van der Waals surface area contributed by atoms with Crippen LogP contribution in [0.2, 0.25) is 5.02 Å². The van der Waals surface area contributed by atoms with Gasteiger partial charge in [0, 0.05) is 10.6 Å². The maximum Gasteiger partial charge on any atom is 0.266 e. The summed E-state index contributed by atoms with van der Waals surface area (Å²) in [7, 11) is 0. The molecule has 0 spiro atoms. The van der Waals surface area contributed by atoms with Gasteiger partial charge in [0.15, 0.2) is 6.10 Å². The monoisotopic (exact) mass is 420 g/mol. The second-order valence-corrected chi connectivity index (χ2v) is 7.64. The summed E-state index contributed by atoms with van der Waals surface area (Å²) < 4.78 is 0. The second-order valence-electron chi connectivity index (χ2n) is 7.21. The lowest BCUT2D eigenvalue weighted by atomic mass is 9.90. The summed E-state index contributed by atoms with van der Waals surface area (Å²) >= 11 is 5.95. The van der Waals surface area contributed by atoms with Crippen LogP contribution in [0.15, 0.2) is 78.9 Å². The molecule has 30 heavy (non-hydrogen) atoms. The van der Waals surface area contributed by atoms with Gasteiger partial charge in [-0.3, -0.25) is 14.4 Å². The first kappa shape index (κ1) is 18.7. The van der Waals surface area contributed by atoms with Gasteiger partial charge in [0.2, 0.25) is 5.91 Å². The zero-order valence-corrected chi connectivity index (χ0v) is 16.4. The van der Waals surface area contributed by atoms with E-state index in [1.165, 1.54) is 0 Å².